The van der Waals surface area contributed by atoms with Gasteiger partial charge in [0.1, 0.15) is 6.04 Å². The van der Waals surface area contributed by atoms with Crippen molar-refractivity contribution in [1.82, 2.24) is 5.32 Å². The number of carboxylic acid groups (broad SMARTS) is 1. The number of hydrogen-bond donors (Lipinski definition) is 3. The van der Waals surface area contributed by atoms with Crippen molar-refractivity contribution in [2.24, 2.45) is 0 Å². The standard InChI is InChI=1S/C12H15ClN2O3S/c1-19-7-6-10(11(16)17)15-12(18)14-9-4-2-8(13)3-5-9/h2-5,10H,6-7H2,1H3,(H,16,17)(H2,14,15,18)/t10-/m0/s1. The van der Waals surface area contributed by atoms with Crippen LogP contribution in [0.5, 0.6) is 0 Å². The van der Waals surface area contributed by atoms with Crippen molar-refractivity contribution in [2.45, 2.75) is 12.5 Å². The lowest BCUT2D eigenvalue weighted by atomic mass is 10.2. The van der Waals surface area contributed by atoms with Gasteiger partial charge < -0.3 is 15.7 Å². The molecule has 0 spiro atoms. The highest BCUT2D eigenvalue weighted by Gasteiger charge is 2.19. The Balaban J connectivity index is 2.52. The summed E-state index contributed by atoms with van der Waals surface area (Å²) < 4.78 is 0. The molecule has 0 bridgehead atoms. The topological polar surface area (TPSA) is 78.4 Å². The molecule has 0 fully saturated rings. The summed E-state index contributed by atoms with van der Waals surface area (Å²) in [4.78, 5) is 22.6. The number of thioether (sulfide) groups is 1. The molecular formula is C12H15ClN2O3S. The van der Waals surface area contributed by atoms with E-state index >= 15 is 0 Å². The number of benzene rings is 1. The molecule has 0 aliphatic heterocycles. The molecule has 0 saturated heterocycles. The van der Waals surface area contributed by atoms with Crippen molar-refractivity contribution in [2.75, 3.05) is 17.3 Å². The molecule has 1 rings (SSSR count). The lowest BCUT2D eigenvalue weighted by Crippen LogP contribution is -2.43. The molecule has 0 unspecified atom stereocenters. The second-order valence-corrected chi connectivity index (χ2v) is 5.20. The van der Waals surface area contributed by atoms with Gasteiger partial charge in [-0.1, -0.05) is 11.6 Å². The van der Waals surface area contributed by atoms with E-state index < -0.39 is 18.0 Å². The zero-order valence-electron chi connectivity index (χ0n) is 10.4. The molecule has 3 N–H and O–H groups in total. The molecule has 19 heavy (non-hydrogen) atoms. The minimum Gasteiger partial charge on any atom is -0.480 e. The van der Waals surface area contributed by atoms with Crippen LogP contribution in [0.1, 0.15) is 6.42 Å². The van der Waals surface area contributed by atoms with E-state index in [0.717, 1.165) is 0 Å². The fraction of sp³-hybridized carbons (Fsp3) is 0.333. The van der Waals surface area contributed by atoms with Crippen molar-refractivity contribution in [1.29, 1.82) is 0 Å². The maximum atomic E-state index is 11.7. The van der Waals surface area contributed by atoms with Gasteiger partial charge in [0.15, 0.2) is 0 Å². The SMILES string of the molecule is CSCC[C@H](NC(=O)Nc1ccc(Cl)cc1)C(=O)O. The molecule has 0 radical (unpaired) electrons. The van der Waals surface area contributed by atoms with Crippen LogP contribution in [0, 0.1) is 0 Å². The Labute approximate surface area is 120 Å². The van der Waals surface area contributed by atoms with E-state index in [4.69, 9.17) is 16.7 Å². The molecule has 1 aromatic rings. The van der Waals surface area contributed by atoms with Crippen LogP contribution in [-0.2, 0) is 4.79 Å². The predicted octanol–water partition coefficient (Wildman–Crippen LogP) is 2.67. The normalized spacial score (nSPS) is 11.7. The summed E-state index contributed by atoms with van der Waals surface area (Å²) in [6, 6.07) is 5.12. The van der Waals surface area contributed by atoms with Crippen LogP contribution in [0.4, 0.5) is 10.5 Å². The quantitative estimate of drug-likeness (QED) is 0.755. The van der Waals surface area contributed by atoms with Gasteiger partial charge in [-0.3, -0.25) is 0 Å². The van der Waals surface area contributed by atoms with Crippen LogP contribution in [0.2, 0.25) is 5.02 Å². The van der Waals surface area contributed by atoms with Gasteiger partial charge in [0.2, 0.25) is 0 Å². The highest BCUT2D eigenvalue weighted by molar-refractivity contribution is 7.98. The third-order valence-corrected chi connectivity index (χ3v) is 3.21. The Kier molecular flexibility index (Phi) is 6.52. The van der Waals surface area contributed by atoms with Crippen LogP contribution in [0.25, 0.3) is 0 Å². The Morgan fingerprint density at radius 2 is 2.00 bits per heavy atom. The van der Waals surface area contributed by atoms with Crippen molar-refractivity contribution in [3.05, 3.63) is 29.3 Å². The number of hydrogen-bond acceptors (Lipinski definition) is 3. The zero-order valence-corrected chi connectivity index (χ0v) is 11.9. The summed E-state index contributed by atoms with van der Waals surface area (Å²) >= 11 is 7.25. The number of urea groups is 1. The Hall–Kier alpha value is -1.40. The molecule has 0 aliphatic carbocycles. The van der Waals surface area contributed by atoms with Crippen molar-refractivity contribution in [3.63, 3.8) is 0 Å². The average Bonchev–Trinajstić information content (AvgIpc) is 2.37. The van der Waals surface area contributed by atoms with Crippen LogP contribution in [-0.4, -0.2) is 35.2 Å². The minimum absolute atomic E-state index is 0.380. The number of carbonyl (C=O) groups is 2. The Morgan fingerprint density at radius 1 is 1.37 bits per heavy atom. The molecule has 0 aromatic heterocycles. The monoisotopic (exact) mass is 302 g/mol. The summed E-state index contributed by atoms with van der Waals surface area (Å²) in [5.41, 5.74) is 0.552. The van der Waals surface area contributed by atoms with Crippen molar-refractivity contribution in [3.8, 4) is 0 Å². The van der Waals surface area contributed by atoms with Crippen LogP contribution in [0.3, 0.4) is 0 Å². The first-order chi connectivity index (χ1) is 9.02. The van der Waals surface area contributed by atoms with Crippen molar-refractivity contribution >= 4 is 41.1 Å². The molecule has 2 amide bonds. The van der Waals surface area contributed by atoms with Gasteiger partial charge >= 0.3 is 12.0 Å². The molecule has 0 saturated carbocycles. The van der Waals surface area contributed by atoms with Crippen LogP contribution >= 0.6 is 23.4 Å². The zero-order chi connectivity index (χ0) is 14.3. The molecule has 0 aliphatic rings. The molecular weight excluding hydrogens is 288 g/mol. The number of anilines is 1. The lowest BCUT2D eigenvalue weighted by Gasteiger charge is -2.14. The molecule has 1 atom stereocenters. The van der Waals surface area contributed by atoms with Crippen LogP contribution in [0.15, 0.2) is 24.3 Å². The maximum Gasteiger partial charge on any atom is 0.326 e. The number of rotatable bonds is 6. The molecule has 1 aromatic carbocycles. The number of amides is 2. The Bertz CT molecular complexity index is 439. The third kappa shape index (κ3) is 5.85. The average molecular weight is 303 g/mol. The smallest absolute Gasteiger partial charge is 0.326 e. The highest BCUT2D eigenvalue weighted by Crippen LogP contribution is 2.13. The van der Waals surface area contributed by atoms with Gasteiger partial charge in [-0.25, -0.2) is 9.59 Å². The van der Waals surface area contributed by atoms with Gasteiger partial charge in [0, 0.05) is 10.7 Å². The second kappa shape index (κ2) is 7.91. The van der Waals surface area contributed by atoms with Gasteiger partial charge in [-0.05, 0) is 42.7 Å². The maximum absolute atomic E-state index is 11.7. The first-order valence-electron chi connectivity index (χ1n) is 5.57. The van der Waals surface area contributed by atoms with E-state index in [0.29, 0.717) is 22.9 Å². The fourth-order valence-corrected chi connectivity index (χ4v) is 1.95. The second-order valence-electron chi connectivity index (χ2n) is 3.78. The van der Waals surface area contributed by atoms with Gasteiger partial charge in [0.25, 0.3) is 0 Å². The molecule has 0 heterocycles. The number of carbonyl (C=O) groups excluding carboxylic acids is 1. The predicted molar refractivity (Wildman–Crippen MR) is 78.0 cm³/mol. The first-order valence-corrected chi connectivity index (χ1v) is 7.35. The summed E-state index contributed by atoms with van der Waals surface area (Å²) in [6.07, 6.45) is 2.26. The van der Waals surface area contributed by atoms with E-state index in [1.807, 2.05) is 6.26 Å². The number of halogens is 1. The van der Waals surface area contributed by atoms with Crippen LogP contribution < -0.4 is 10.6 Å². The van der Waals surface area contributed by atoms with E-state index in [-0.39, 0.29) is 0 Å². The largest absolute Gasteiger partial charge is 0.480 e. The highest BCUT2D eigenvalue weighted by atomic mass is 35.5. The number of aliphatic carboxylic acids is 1. The fourth-order valence-electron chi connectivity index (χ4n) is 1.35. The molecule has 5 nitrogen and oxygen atoms in total. The van der Waals surface area contributed by atoms with Gasteiger partial charge in [-0.2, -0.15) is 11.8 Å². The van der Waals surface area contributed by atoms with E-state index in [2.05, 4.69) is 10.6 Å². The summed E-state index contributed by atoms with van der Waals surface area (Å²) in [5.74, 6) is -0.377. The summed E-state index contributed by atoms with van der Waals surface area (Å²) in [7, 11) is 0. The van der Waals surface area contributed by atoms with Gasteiger partial charge in [-0.15, -0.1) is 0 Å². The Morgan fingerprint density at radius 3 is 2.53 bits per heavy atom. The molecule has 104 valence electrons. The molecule has 7 heteroatoms. The number of nitrogens with one attached hydrogen (secondary N) is 2. The van der Waals surface area contributed by atoms with E-state index in [1.165, 1.54) is 11.8 Å². The third-order valence-electron chi connectivity index (χ3n) is 2.32. The van der Waals surface area contributed by atoms with Gasteiger partial charge in [0.05, 0.1) is 0 Å². The van der Waals surface area contributed by atoms with E-state index in [1.54, 1.807) is 24.3 Å². The lowest BCUT2D eigenvalue weighted by molar-refractivity contribution is -0.139. The minimum atomic E-state index is -1.04. The summed E-state index contributed by atoms with van der Waals surface area (Å²) in [6.45, 7) is 0. The first kappa shape index (κ1) is 15.7. The van der Waals surface area contributed by atoms with Crippen molar-refractivity contribution < 1.29 is 14.7 Å². The number of carboxylic acids is 1. The summed E-state index contributed by atoms with van der Waals surface area (Å²) in [5, 5.41) is 14.5. The van der Waals surface area contributed by atoms with E-state index in [9.17, 15) is 9.59 Å².